The number of benzene rings is 1. The highest BCUT2D eigenvalue weighted by atomic mass is 16.6. The highest BCUT2D eigenvalue weighted by Gasteiger charge is 2.29. The van der Waals surface area contributed by atoms with Crippen LogP contribution in [0.5, 0.6) is 0 Å². The van der Waals surface area contributed by atoms with E-state index in [-0.39, 0.29) is 24.1 Å². The van der Waals surface area contributed by atoms with E-state index in [0.29, 0.717) is 18.0 Å². The second-order valence-corrected chi connectivity index (χ2v) is 5.33. The summed E-state index contributed by atoms with van der Waals surface area (Å²) in [4.78, 5) is 24.1. The Morgan fingerprint density at radius 2 is 2.10 bits per heavy atom. The number of rotatable bonds is 5. The van der Waals surface area contributed by atoms with Crippen molar-refractivity contribution >= 4 is 11.6 Å². The van der Waals surface area contributed by atoms with Gasteiger partial charge in [0.2, 0.25) is 5.91 Å². The summed E-state index contributed by atoms with van der Waals surface area (Å²) in [6, 6.07) is 6.30. The average Bonchev–Trinajstić information content (AvgIpc) is 2.37. The van der Waals surface area contributed by atoms with Crippen LogP contribution in [0.4, 0.5) is 5.69 Å². The van der Waals surface area contributed by atoms with Gasteiger partial charge in [-0.15, -0.1) is 0 Å². The molecule has 1 aromatic carbocycles. The lowest BCUT2D eigenvalue weighted by Crippen LogP contribution is -2.40. The van der Waals surface area contributed by atoms with Crippen LogP contribution in [0.3, 0.4) is 0 Å². The topological polar surface area (TPSA) is 83.7 Å². The van der Waals surface area contributed by atoms with Crippen molar-refractivity contribution in [2.45, 2.75) is 25.4 Å². The van der Waals surface area contributed by atoms with Crippen LogP contribution in [0.2, 0.25) is 0 Å². The highest BCUT2D eigenvalue weighted by molar-refractivity contribution is 5.79. The van der Waals surface area contributed by atoms with Crippen molar-refractivity contribution in [3.05, 3.63) is 39.9 Å². The molecule has 0 bridgehead atoms. The molecule has 6 heteroatoms. The van der Waals surface area contributed by atoms with Crippen molar-refractivity contribution in [1.82, 2.24) is 4.90 Å². The van der Waals surface area contributed by atoms with Crippen molar-refractivity contribution in [2.75, 3.05) is 13.6 Å². The number of amides is 1. The van der Waals surface area contributed by atoms with E-state index in [9.17, 15) is 20.0 Å². The minimum absolute atomic E-state index is 0.0201. The van der Waals surface area contributed by atoms with Crippen LogP contribution in [0, 0.1) is 16.0 Å². The fraction of sp³-hybridized carbons (Fsp3) is 0.500. The van der Waals surface area contributed by atoms with Gasteiger partial charge < -0.3 is 10.0 Å². The molecule has 1 N–H and O–H groups in total. The molecule has 1 saturated carbocycles. The van der Waals surface area contributed by atoms with Gasteiger partial charge in [0.1, 0.15) is 0 Å². The molecule has 0 atom stereocenters. The maximum Gasteiger partial charge on any atom is 0.273 e. The van der Waals surface area contributed by atoms with Crippen LogP contribution in [0.15, 0.2) is 24.3 Å². The monoisotopic (exact) mass is 278 g/mol. The first-order valence-corrected chi connectivity index (χ1v) is 6.61. The lowest BCUT2D eigenvalue weighted by Gasteiger charge is -2.34. The third-order valence-corrected chi connectivity index (χ3v) is 3.70. The number of aliphatic hydroxyl groups excluding tert-OH is 1. The molecule has 0 unspecified atom stereocenters. The first-order valence-electron chi connectivity index (χ1n) is 6.61. The quantitative estimate of drug-likeness (QED) is 0.651. The summed E-state index contributed by atoms with van der Waals surface area (Å²) in [5, 5.41) is 20.1. The molecule has 20 heavy (non-hydrogen) atoms. The standard InChI is InChI=1S/C14H18N2O4/c1-15(9-10-6-12(17)7-10)14(18)8-11-4-2-3-5-13(11)16(19)20/h2-5,10,12,17H,6-9H2,1H3. The first kappa shape index (κ1) is 14.5. The summed E-state index contributed by atoms with van der Waals surface area (Å²) < 4.78 is 0. The van der Waals surface area contributed by atoms with Gasteiger partial charge in [0, 0.05) is 25.2 Å². The van der Waals surface area contributed by atoms with Gasteiger partial charge >= 0.3 is 0 Å². The Labute approximate surface area is 117 Å². The lowest BCUT2D eigenvalue weighted by atomic mass is 9.82. The minimum Gasteiger partial charge on any atom is -0.393 e. The van der Waals surface area contributed by atoms with Gasteiger partial charge in [0.25, 0.3) is 5.69 Å². The third-order valence-electron chi connectivity index (χ3n) is 3.70. The zero-order valence-electron chi connectivity index (χ0n) is 11.4. The van der Waals surface area contributed by atoms with E-state index in [4.69, 9.17) is 0 Å². The van der Waals surface area contributed by atoms with Gasteiger partial charge in [0.15, 0.2) is 0 Å². The third kappa shape index (κ3) is 3.33. The van der Waals surface area contributed by atoms with E-state index in [1.54, 1.807) is 30.1 Å². The predicted octanol–water partition coefficient (Wildman–Crippen LogP) is 1.37. The van der Waals surface area contributed by atoms with E-state index in [1.165, 1.54) is 6.07 Å². The average molecular weight is 278 g/mol. The first-order chi connectivity index (χ1) is 9.47. The van der Waals surface area contributed by atoms with Gasteiger partial charge in [-0.1, -0.05) is 18.2 Å². The SMILES string of the molecule is CN(CC1CC(O)C1)C(=O)Cc1ccccc1[N+](=O)[O-]. The van der Waals surface area contributed by atoms with E-state index in [2.05, 4.69) is 0 Å². The van der Waals surface area contributed by atoms with E-state index in [0.717, 1.165) is 12.8 Å². The summed E-state index contributed by atoms with van der Waals surface area (Å²) in [5.74, 6) is 0.199. The minimum atomic E-state index is -0.467. The second kappa shape index (κ2) is 6.00. The number of likely N-dealkylation sites (N-methyl/N-ethyl adjacent to an activating group) is 1. The number of para-hydroxylation sites is 1. The highest BCUT2D eigenvalue weighted by Crippen LogP contribution is 2.28. The maximum absolute atomic E-state index is 12.1. The molecular formula is C14H18N2O4. The number of hydrogen-bond donors (Lipinski definition) is 1. The van der Waals surface area contributed by atoms with E-state index >= 15 is 0 Å². The van der Waals surface area contributed by atoms with Gasteiger partial charge in [-0.3, -0.25) is 14.9 Å². The molecule has 1 amide bonds. The molecule has 0 spiro atoms. The molecule has 0 aliphatic heterocycles. The zero-order valence-corrected chi connectivity index (χ0v) is 11.4. The van der Waals surface area contributed by atoms with E-state index in [1.807, 2.05) is 0 Å². The van der Waals surface area contributed by atoms with Crippen molar-refractivity contribution in [3.8, 4) is 0 Å². The van der Waals surface area contributed by atoms with Crippen molar-refractivity contribution < 1.29 is 14.8 Å². The van der Waals surface area contributed by atoms with Gasteiger partial charge in [0.05, 0.1) is 17.4 Å². The Morgan fingerprint density at radius 1 is 1.45 bits per heavy atom. The number of aliphatic hydroxyl groups is 1. The predicted molar refractivity (Wildman–Crippen MR) is 73.2 cm³/mol. The summed E-state index contributed by atoms with van der Waals surface area (Å²) in [6.45, 7) is 0.594. The zero-order chi connectivity index (χ0) is 14.7. The molecule has 0 radical (unpaired) electrons. The van der Waals surface area contributed by atoms with Crippen molar-refractivity contribution in [1.29, 1.82) is 0 Å². The Hall–Kier alpha value is -1.95. The van der Waals surface area contributed by atoms with Crippen LogP contribution in [0.25, 0.3) is 0 Å². The number of hydrogen-bond acceptors (Lipinski definition) is 4. The Morgan fingerprint density at radius 3 is 2.70 bits per heavy atom. The molecule has 0 saturated heterocycles. The van der Waals surface area contributed by atoms with Crippen molar-refractivity contribution in [2.24, 2.45) is 5.92 Å². The molecule has 1 aromatic rings. The lowest BCUT2D eigenvalue weighted by molar-refractivity contribution is -0.385. The van der Waals surface area contributed by atoms with E-state index < -0.39 is 4.92 Å². The van der Waals surface area contributed by atoms with Crippen LogP contribution >= 0.6 is 0 Å². The molecule has 6 nitrogen and oxygen atoms in total. The van der Waals surface area contributed by atoms with Crippen LogP contribution in [-0.4, -0.2) is 40.5 Å². The molecule has 108 valence electrons. The number of nitrogens with zero attached hydrogens (tertiary/aromatic N) is 2. The largest absolute Gasteiger partial charge is 0.393 e. The summed E-state index contributed by atoms with van der Waals surface area (Å²) in [5.41, 5.74) is 0.413. The summed E-state index contributed by atoms with van der Waals surface area (Å²) >= 11 is 0. The Kier molecular flexibility index (Phi) is 4.34. The number of nitro groups is 1. The fourth-order valence-corrected chi connectivity index (χ4v) is 2.48. The summed E-state index contributed by atoms with van der Waals surface area (Å²) in [6.07, 6.45) is 1.24. The normalized spacial score (nSPS) is 21.1. The maximum atomic E-state index is 12.1. The number of nitro benzene ring substituents is 1. The van der Waals surface area contributed by atoms with Gasteiger partial charge in [-0.25, -0.2) is 0 Å². The van der Waals surface area contributed by atoms with Crippen LogP contribution < -0.4 is 0 Å². The second-order valence-electron chi connectivity index (χ2n) is 5.33. The summed E-state index contributed by atoms with van der Waals surface area (Å²) in [7, 11) is 1.70. The molecular weight excluding hydrogens is 260 g/mol. The fourth-order valence-electron chi connectivity index (χ4n) is 2.48. The molecule has 0 aromatic heterocycles. The number of carbonyl (C=O) groups is 1. The molecule has 2 rings (SSSR count). The Bertz CT molecular complexity index is 512. The van der Waals surface area contributed by atoms with Crippen molar-refractivity contribution in [3.63, 3.8) is 0 Å². The number of carbonyl (C=O) groups excluding carboxylic acids is 1. The molecule has 0 heterocycles. The van der Waals surface area contributed by atoms with Gasteiger partial charge in [-0.05, 0) is 18.8 Å². The smallest absolute Gasteiger partial charge is 0.273 e. The molecule has 1 aliphatic carbocycles. The Balaban J connectivity index is 1.95. The van der Waals surface area contributed by atoms with Gasteiger partial charge in [-0.2, -0.15) is 0 Å². The van der Waals surface area contributed by atoms with Crippen LogP contribution in [-0.2, 0) is 11.2 Å². The van der Waals surface area contributed by atoms with Crippen LogP contribution in [0.1, 0.15) is 18.4 Å². The molecule has 1 aliphatic rings. The molecule has 1 fully saturated rings.